The molecule has 0 saturated carbocycles. The van der Waals surface area contributed by atoms with Crippen LogP contribution in [-0.2, 0) is 16.0 Å². The lowest BCUT2D eigenvalue weighted by molar-refractivity contribution is -0.156. The summed E-state index contributed by atoms with van der Waals surface area (Å²) in [6.45, 7) is 2.36. The average Bonchev–Trinajstić information content (AvgIpc) is 2.97. The molecular weight excluding hydrogens is 314 g/mol. The largest absolute Gasteiger partial charge is 0.479 e. The Balaban J connectivity index is 2.18. The van der Waals surface area contributed by atoms with Crippen molar-refractivity contribution in [2.24, 2.45) is 0 Å². The Bertz CT molecular complexity index is 714. The molecule has 2 atom stereocenters. The van der Waals surface area contributed by atoms with E-state index < -0.39 is 30.1 Å². The maximum Gasteiger partial charge on any atom is 0.337 e. The van der Waals surface area contributed by atoms with Gasteiger partial charge in [0, 0.05) is 6.42 Å². The van der Waals surface area contributed by atoms with Crippen molar-refractivity contribution < 1.29 is 19.8 Å². The molecule has 0 bridgehead atoms. The molecule has 0 aliphatic rings. The number of benzene rings is 1. The number of carbonyl (C=O) groups is 2. The van der Waals surface area contributed by atoms with Gasteiger partial charge in [-0.3, -0.25) is 4.79 Å². The summed E-state index contributed by atoms with van der Waals surface area (Å²) < 4.78 is 1.37. The van der Waals surface area contributed by atoms with Gasteiger partial charge in [0.15, 0.2) is 5.60 Å². The second kappa shape index (κ2) is 7.18. The summed E-state index contributed by atoms with van der Waals surface area (Å²) in [5.74, 6) is -1.44. The number of hydrogen-bond donors (Lipinski definition) is 3. The first-order valence-electron chi connectivity index (χ1n) is 7.33. The molecule has 3 N–H and O–H groups in total. The number of carboxylic acids is 1. The van der Waals surface area contributed by atoms with Gasteiger partial charge in [-0.15, -0.1) is 5.10 Å². The first-order valence-corrected chi connectivity index (χ1v) is 7.33. The number of nitrogens with one attached hydrogen (secondary N) is 1. The molecule has 0 aliphatic heterocycles. The van der Waals surface area contributed by atoms with Gasteiger partial charge in [-0.1, -0.05) is 30.3 Å². The zero-order valence-electron chi connectivity index (χ0n) is 13.4. The van der Waals surface area contributed by atoms with Crippen molar-refractivity contribution in [2.45, 2.75) is 31.9 Å². The van der Waals surface area contributed by atoms with Crippen LogP contribution in [0, 0.1) is 6.92 Å². The summed E-state index contributed by atoms with van der Waals surface area (Å²) >= 11 is 0. The Morgan fingerprint density at radius 2 is 2.00 bits per heavy atom. The summed E-state index contributed by atoms with van der Waals surface area (Å²) in [5.41, 5.74) is -1.15. The van der Waals surface area contributed by atoms with Crippen LogP contribution in [-0.4, -0.2) is 54.4 Å². The second-order valence-electron chi connectivity index (χ2n) is 5.67. The highest BCUT2D eigenvalue weighted by Crippen LogP contribution is 2.15. The summed E-state index contributed by atoms with van der Waals surface area (Å²) in [6.07, 6.45) is 0.327. The zero-order chi connectivity index (χ0) is 17.7. The Morgan fingerprint density at radius 1 is 1.33 bits per heavy atom. The van der Waals surface area contributed by atoms with E-state index in [0.717, 1.165) is 12.5 Å². The molecule has 2 aromatic rings. The van der Waals surface area contributed by atoms with Crippen LogP contribution in [0.4, 0.5) is 0 Å². The van der Waals surface area contributed by atoms with Crippen LogP contribution in [0.1, 0.15) is 24.4 Å². The molecule has 0 spiro atoms. The van der Waals surface area contributed by atoms with Gasteiger partial charge < -0.3 is 15.5 Å². The molecule has 1 aromatic heterocycles. The van der Waals surface area contributed by atoms with E-state index in [4.69, 9.17) is 5.11 Å². The van der Waals surface area contributed by atoms with E-state index >= 15 is 0 Å². The minimum absolute atomic E-state index is 0.327. The van der Waals surface area contributed by atoms with Crippen molar-refractivity contribution in [3.8, 4) is 0 Å². The van der Waals surface area contributed by atoms with Crippen LogP contribution in [0.3, 0.4) is 0 Å². The predicted molar refractivity (Wildman–Crippen MR) is 83.0 cm³/mol. The fraction of sp³-hybridized carbons (Fsp3) is 0.400. The SMILES string of the molecule is Cc1nnnn1C(Cc1ccccc1)C(=O)NCC(C)(O)C(=O)O. The van der Waals surface area contributed by atoms with Crippen LogP contribution < -0.4 is 5.32 Å². The van der Waals surface area contributed by atoms with E-state index in [2.05, 4.69) is 20.8 Å². The Morgan fingerprint density at radius 3 is 2.54 bits per heavy atom. The summed E-state index contributed by atoms with van der Waals surface area (Å²) in [7, 11) is 0. The van der Waals surface area contributed by atoms with Crippen molar-refractivity contribution in [1.82, 2.24) is 25.5 Å². The molecule has 128 valence electrons. The lowest BCUT2D eigenvalue weighted by atomic mass is 10.0. The van der Waals surface area contributed by atoms with Gasteiger partial charge in [-0.2, -0.15) is 0 Å². The van der Waals surface area contributed by atoms with Gasteiger partial charge in [-0.25, -0.2) is 9.48 Å². The van der Waals surface area contributed by atoms with Crippen molar-refractivity contribution >= 4 is 11.9 Å². The zero-order valence-corrected chi connectivity index (χ0v) is 13.4. The van der Waals surface area contributed by atoms with E-state index in [1.54, 1.807) is 6.92 Å². The number of rotatable bonds is 7. The highest BCUT2D eigenvalue weighted by molar-refractivity contribution is 5.82. The van der Waals surface area contributed by atoms with Crippen LogP contribution >= 0.6 is 0 Å². The fourth-order valence-corrected chi connectivity index (χ4v) is 2.11. The van der Waals surface area contributed by atoms with E-state index in [-0.39, 0.29) is 0 Å². The normalized spacial score (nSPS) is 14.6. The Kier molecular flexibility index (Phi) is 5.24. The summed E-state index contributed by atoms with van der Waals surface area (Å²) in [6, 6.07) is 8.55. The van der Waals surface area contributed by atoms with Crippen LogP contribution in [0.25, 0.3) is 0 Å². The quantitative estimate of drug-likeness (QED) is 0.635. The number of carboxylic acid groups (broad SMARTS) is 1. The standard InChI is InChI=1S/C15H19N5O4/c1-10-17-18-19-20(10)12(8-11-6-4-3-5-7-11)13(21)16-9-15(2,24)14(22)23/h3-7,12,24H,8-9H2,1-2H3,(H,16,21)(H,22,23). The first-order chi connectivity index (χ1) is 11.3. The van der Waals surface area contributed by atoms with Crippen molar-refractivity contribution in [2.75, 3.05) is 6.54 Å². The molecule has 2 rings (SSSR count). The third-order valence-electron chi connectivity index (χ3n) is 3.59. The minimum Gasteiger partial charge on any atom is -0.479 e. The lowest BCUT2D eigenvalue weighted by Gasteiger charge is -2.22. The molecule has 0 aliphatic carbocycles. The molecule has 2 unspecified atom stereocenters. The summed E-state index contributed by atoms with van der Waals surface area (Å²) in [5, 5.41) is 32.3. The molecule has 9 nitrogen and oxygen atoms in total. The van der Waals surface area contributed by atoms with Crippen molar-refractivity contribution in [3.63, 3.8) is 0 Å². The number of aromatic nitrogens is 4. The topological polar surface area (TPSA) is 130 Å². The third-order valence-corrected chi connectivity index (χ3v) is 3.59. The average molecular weight is 333 g/mol. The molecule has 1 amide bonds. The van der Waals surface area contributed by atoms with Gasteiger partial charge in [0.05, 0.1) is 6.54 Å². The van der Waals surface area contributed by atoms with E-state index in [1.165, 1.54) is 4.68 Å². The molecule has 0 radical (unpaired) electrons. The van der Waals surface area contributed by atoms with Gasteiger partial charge in [-0.05, 0) is 29.8 Å². The van der Waals surface area contributed by atoms with Gasteiger partial charge in [0.25, 0.3) is 0 Å². The molecular formula is C15H19N5O4. The number of aryl methyl sites for hydroxylation is 1. The number of carbonyl (C=O) groups excluding carboxylic acids is 1. The van der Waals surface area contributed by atoms with Crippen molar-refractivity contribution in [3.05, 3.63) is 41.7 Å². The van der Waals surface area contributed by atoms with Crippen LogP contribution in [0.5, 0.6) is 0 Å². The Labute approximate surface area is 138 Å². The van der Waals surface area contributed by atoms with E-state index in [9.17, 15) is 14.7 Å². The van der Waals surface area contributed by atoms with Gasteiger partial charge >= 0.3 is 5.97 Å². The number of amides is 1. The Hall–Kier alpha value is -2.81. The van der Waals surface area contributed by atoms with Crippen LogP contribution in [0.15, 0.2) is 30.3 Å². The monoisotopic (exact) mass is 333 g/mol. The molecule has 24 heavy (non-hydrogen) atoms. The van der Waals surface area contributed by atoms with E-state index in [1.807, 2.05) is 30.3 Å². The highest BCUT2D eigenvalue weighted by Gasteiger charge is 2.32. The molecule has 0 saturated heterocycles. The number of hydrogen-bond acceptors (Lipinski definition) is 6. The second-order valence-corrected chi connectivity index (χ2v) is 5.67. The number of nitrogens with zero attached hydrogens (tertiary/aromatic N) is 4. The smallest absolute Gasteiger partial charge is 0.337 e. The molecule has 0 fully saturated rings. The highest BCUT2D eigenvalue weighted by atomic mass is 16.4. The molecule has 9 heteroatoms. The first kappa shape index (κ1) is 17.5. The van der Waals surface area contributed by atoms with Crippen LogP contribution in [0.2, 0.25) is 0 Å². The lowest BCUT2D eigenvalue weighted by Crippen LogP contribution is -2.48. The minimum atomic E-state index is -2.05. The number of aliphatic carboxylic acids is 1. The maximum absolute atomic E-state index is 12.5. The molecule has 1 aromatic carbocycles. The fourth-order valence-electron chi connectivity index (χ4n) is 2.11. The summed E-state index contributed by atoms with van der Waals surface area (Å²) in [4.78, 5) is 23.5. The van der Waals surface area contributed by atoms with Gasteiger partial charge in [0.2, 0.25) is 5.91 Å². The predicted octanol–water partition coefficient (Wildman–Crippen LogP) is -0.283. The molecule has 1 heterocycles. The van der Waals surface area contributed by atoms with Crippen molar-refractivity contribution in [1.29, 1.82) is 0 Å². The van der Waals surface area contributed by atoms with E-state index in [0.29, 0.717) is 12.2 Å². The maximum atomic E-state index is 12.5. The van der Waals surface area contributed by atoms with Gasteiger partial charge in [0.1, 0.15) is 11.9 Å². The number of aliphatic hydroxyl groups is 1. The third kappa shape index (κ3) is 4.13. The number of tetrazole rings is 1.